The summed E-state index contributed by atoms with van der Waals surface area (Å²) in [5.41, 5.74) is 0.472. The van der Waals surface area contributed by atoms with Crippen LogP contribution < -0.4 is 4.74 Å². The molecule has 1 aromatic rings. The number of hydrogen-bond acceptors (Lipinski definition) is 5. The van der Waals surface area contributed by atoms with E-state index in [0.29, 0.717) is 17.9 Å². The molecule has 3 unspecified atom stereocenters. The number of hydrogen-bond donors (Lipinski definition) is 2. The number of nitriles is 1. The molecule has 1 fully saturated rings. The third-order valence-electron chi connectivity index (χ3n) is 3.85. The van der Waals surface area contributed by atoms with Crippen molar-refractivity contribution in [2.75, 3.05) is 26.2 Å². The minimum atomic E-state index is -0.612. The molecular weight excluding hydrogens is 268 g/mol. The largest absolute Gasteiger partial charge is 0.489 e. The highest BCUT2D eigenvalue weighted by Crippen LogP contribution is 2.18. The van der Waals surface area contributed by atoms with E-state index in [1.54, 1.807) is 24.3 Å². The van der Waals surface area contributed by atoms with E-state index in [1.165, 1.54) is 0 Å². The van der Waals surface area contributed by atoms with Gasteiger partial charge in [0.15, 0.2) is 0 Å². The zero-order valence-corrected chi connectivity index (χ0v) is 12.3. The lowest BCUT2D eigenvalue weighted by Crippen LogP contribution is -2.45. The molecule has 114 valence electrons. The topological polar surface area (TPSA) is 76.7 Å². The Morgan fingerprint density at radius 3 is 2.95 bits per heavy atom. The predicted molar refractivity (Wildman–Crippen MR) is 78.9 cm³/mol. The van der Waals surface area contributed by atoms with E-state index in [9.17, 15) is 10.2 Å². The van der Waals surface area contributed by atoms with Gasteiger partial charge in [-0.2, -0.15) is 5.26 Å². The predicted octanol–water partition coefficient (Wildman–Crippen LogP) is 1.00. The summed E-state index contributed by atoms with van der Waals surface area (Å²) in [6, 6.07) is 9.07. The van der Waals surface area contributed by atoms with Crippen molar-refractivity contribution >= 4 is 0 Å². The van der Waals surface area contributed by atoms with E-state index in [4.69, 9.17) is 10.00 Å². The molecule has 2 N–H and O–H groups in total. The van der Waals surface area contributed by atoms with Crippen LogP contribution in [-0.2, 0) is 0 Å². The summed E-state index contributed by atoms with van der Waals surface area (Å²) in [6.07, 6.45) is -0.109. The molecule has 0 amide bonds. The fraction of sp³-hybridized carbons (Fsp3) is 0.562. The van der Waals surface area contributed by atoms with E-state index in [2.05, 4.69) is 11.0 Å². The van der Waals surface area contributed by atoms with Crippen molar-refractivity contribution in [2.45, 2.75) is 25.6 Å². The molecule has 1 saturated heterocycles. The molecule has 1 aromatic carbocycles. The number of piperidine rings is 1. The van der Waals surface area contributed by atoms with Crippen molar-refractivity contribution in [3.05, 3.63) is 29.8 Å². The fourth-order valence-corrected chi connectivity index (χ4v) is 2.61. The smallest absolute Gasteiger partial charge is 0.137 e. The summed E-state index contributed by atoms with van der Waals surface area (Å²) >= 11 is 0. The van der Waals surface area contributed by atoms with Gasteiger partial charge in [0.25, 0.3) is 0 Å². The zero-order chi connectivity index (χ0) is 15.2. The molecule has 1 aliphatic rings. The number of ether oxygens (including phenoxy) is 1. The van der Waals surface area contributed by atoms with Gasteiger partial charge in [-0.05, 0) is 24.5 Å². The van der Waals surface area contributed by atoms with Gasteiger partial charge in [0.2, 0.25) is 0 Å². The van der Waals surface area contributed by atoms with Crippen LogP contribution in [0.25, 0.3) is 0 Å². The maximum Gasteiger partial charge on any atom is 0.137 e. The lowest BCUT2D eigenvalue weighted by molar-refractivity contribution is 0.00581. The second kappa shape index (κ2) is 7.41. The highest BCUT2D eigenvalue weighted by atomic mass is 16.5. The molecule has 0 radical (unpaired) electrons. The van der Waals surface area contributed by atoms with Crippen LogP contribution in [0.1, 0.15) is 18.9 Å². The number of para-hydroxylation sites is 1. The number of nitrogens with zero attached hydrogens (tertiary/aromatic N) is 2. The highest BCUT2D eigenvalue weighted by Gasteiger charge is 2.25. The number of rotatable bonds is 5. The van der Waals surface area contributed by atoms with Gasteiger partial charge in [0.1, 0.15) is 24.5 Å². The van der Waals surface area contributed by atoms with Gasteiger partial charge in [0, 0.05) is 19.6 Å². The number of aliphatic hydroxyl groups is 2. The normalized spacial score (nSPS) is 24.3. The van der Waals surface area contributed by atoms with Gasteiger partial charge in [-0.25, -0.2) is 0 Å². The lowest BCUT2D eigenvalue weighted by atomic mass is 9.96. The minimum absolute atomic E-state index is 0.159. The monoisotopic (exact) mass is 290 g/mol. The van der Waals surface area contributed by atoms with Crippen LogP contribution in [0.5, 0.6) is 5.75 Å². The van der Waals surface area contributed by atoms with Crippen LogP contribution in [0.2, 0.25) is 0 Å². The SMILES string of the molecule is CC1CN(CC(O)COc2ccccc2C#N)CCC1O. The molecule has 2 rings (SSSR count). The third-order valence-corrected chi connectivity index (χ3v) is 3.85. The van der Waals surface area contributed by atoms with Gasteiger partial charge >= 0.3 is 0 Å². The Labute approximate surface area is 125 Å². The Morgan fingerprint density at radius 2 is 2.24 bits per heavy atom. The van der Waals surface area contributed by atoms with Crippen molar-refractivity contribution in [3.63, 3.8) is 0 Å². The lowest BCUT2D eigenvalue weighted by Gasteiger charge is -2.35. The Bertz CT molecular complexity index is 501. The molecule has 5 nitrogen and oxygen atoms in total. The zero-order valence-electron chi connectivity index (χ0n) is 12.3. The molecular formula is C16H22N2O3. The quantitative estimate of drug-likeness (QED) is 0.846. The Hall–Kier alpha value is -1.61. The van der Waals surface area contributed by atoms with Crippen LogP contribution in [0.15, 0.2) is 24.3 Å². The summed E-state index contributed by atoms with van der Waals surface area (Å²) in [5, 5.41) is 28.7. The van der Waals surface area contributed by atoms with E-state index in [0.717, 1.165) is 19.5 Å². The summed E-state index contributed by atoms with van der Waals surface area (Å²) in [5.74, 6) is 0.729. The van der Waals surface area contributed by atoms with Crippen LogP contribution in [-0.4, -0.2) is 53.6 Å². The van der Waals surface area contributed by atoms with Gasteiger partial charge in [0.05, 0.1) is 11.7 Å². The van der Waals surface area contributed by atoms with Gasteiger partial charge < -0.3 is 19.8 Å². The first kappa shape index (κ1) is 15.8. The average Bonchev–Trinajstić information content (AvgIpc) is 2.49. The van der Waals surface area contributed by atoms with Gasteiger partial charge in [-0.3, -0.25) is 0 Å². The molecule has 0 saturated carbocycles. The Kier molecular flexibility index (Phi) is 5.57. The highest BCUT2D eigenvalue weighted by molar-refractivity contribution is 5.42. The molecule has 3 atom stereocenters. The van der Waals surface area contributed by atoms with Crippen molar-refractivity contribution in [1.82, 2.24) is 4.90 Å². The number of aliphatic hydroxyl groups excluding tert-OH is 2. The molecule has 1 aliphatic heterocycles. The molecule has 0 spiro atoms. The molecule has 0 aliphatic carbocycles. The maximum atomic E-state index is 10.1. The van der Waals surface area contributed by atoms with E-state index in [1.807, 2.05) is 6.92 Å². The second-order valence-corrected chi connectivity index (χ2v) is 5.67. The number of benzene rings is 1. The van der Waals surface area contributed by atoms with Crippen LogP contribution >= 0.6 is 0 Å². The minimum Gasteiger partial charge on any atom is -0.489 e. The third kappa shape index (κ3) is 4.43. The Morgan fingerprint density at radius 1 is 1.48 bits per heavy atom. The number of likely N-dealkylation sites (tertiary alicyclic amines) is 1. The van der Waals surface area contributed by atoms with Crippen LogP contribution in [0.4, 0.5) is 0 Å². The maximum absolute atomic E-state index is 10.1. The summed E-state index contributed by atoms with van der Waals surface area (Å²) in [6.45, 7) is 4.27. The van der Waals surface area contributed by atoms with Gasteiger partial charge in [-0.15, -0.1) is 0 Å². The van der Waals surface area contributed by atoms with E-state index in [-0.39, 0.29) is 18.6 Å². The first-order chi connectivity index (χ1) is 10.1. The summed E-state index contributed by atoms with van der Waals surface area (Å²) in [7, 11) is 0. The van der Waals surface area contributed by atoms with Crippen LogP contribution in [0, 0.1) is 17.2 Å². The standard InChI is InChI=1S/C16H22N2O3/c1-12-9-18(7-6-15(12)20)10-14(19)11-21-16-5-3-2-4-13(16)8-17/h2-5,12,14-15,19-20H,6-7,9-11H2,1H3. The fourth-order valence-electron chi connectivity index (χ4n) is 2.61. The average molecular weight is 290 g/mol. The molecule has 0 bridgehead atoms. The second-order valence-electron chi connectivity index (χ2n) is 5.67. The summed E-state index contributed by atoms with van der Waals surface area (Å²) in [4.78, 5) is 2.14. The van der Waals surface area contributed by atoms with Crippen molar-refractivity contribution in [2.24, 2.45) is 5.92 Å². The molecule has 0 aromatic heterocycles. The summed E-state index contributed by atoms with van der Waals surface area (Å²) < 4.78 is 5.53. The van der Waals surface area contributed by atoms with Crippen molar-refractivity contribution in [3.8, 4) is 11.8 Å². The van der Waals surface area contributed by atoms with Crippen molar-refractivity contribution < 1.29 is 14.9 Å². The molecule has 5 heteroatoms. The number of β-amino-alcohol motifs (C(OH)–C–C–N with tert-alkyl or cyclic N) is 1. The van der Waals surface area contributed by atoms with Crippen LogP contribution in [0.3, 0.4) is 0 Å². The molecule has 21 heavy (non-hydrogen) atoms. The van der Waals surface area contributed by atoms with E-state index < -0.39 is 6.10 Å². The van der Waals surface area contributed by atoms with Gasteiger partial charge in [-0.1, -0.05) is 19.1 Å². The Balaban J connectivity index is 1.80. The first-order valence-corrected chi connectivity index (χ1v) is 7.30. The van der Waals surface area contributed by atoms with E-state index >= 15 is 0 Å². The molecule has 1 heterocycles. The first-order valence-electron chi connectivity index (χ1n) is 7.30. The van der Waals surface area contributed by atoms with Crippen molar-refractivity contribution in [1.29, 1.82) is 5.26 Å².